The second kappa shape index (κ2) is 4.22. The van der Waals surface area contributed by atoms with Gasteiger partial charge in [-0.1, -0.05) is 0 Å². The monoisotopic (exact) mass is 247 g/mol. The summed E-state index contributed by atoms with van der Waals surface area (Å²) in [4.78, 5) is 8.49. The van der Waals surface area contributed by atoms with Gasteiger partial charge >= 0.3 is 0 Å². The van der Waals surface area contributed by atoms with Crippen molar-refractivity contribution in [3.05, 3.63) is 48.4 Å². The molecule has 3 rings (SSSR count). The molecule has 4 nitrogen and oxygen atoms in total. The fourth-order valence-corrected chi connectivity index (χ4v) is 2.07. The third-order valence-electron chi connectivity index (χ3n) is 2.64. The van der Waals surface area contributed by atoms with Crippen LogP contribution in [0.25, 0.3) is 11.0 Å². The molecular weight excluding hydrogens is 238 g/mol. The number of fused-ring (bicyclic) bond motifs is 1. The number of halogens is 1. The minimum absolute atomic E-state index is 0.370. The number of aromatic nitrogens is 3. The molecular formula is C12H10ClN3O. The summed E-state index contributed by atoms with van der Waals surface area (Å²) in [6, 6.07) is 5.74. The summed E-state index contributed by atoms with van der Waals surface area (Å²) in [5.41, 5.74) is 1.88. The van der Waals surface area contributed by atoms with Gasteiger partial charge in [-0.05, 0) is 18.2 Å². The molecule has 0 aliphatic heterocycles. The van der Waals surface area contributed by atoms with Gasteiger partial charge in [0.2, 0.25) is 0 Å². The van der Waals surface area contributed by atoms with Crippen molar-refractivity contribution in [3.63, 3.8) is 0 Å². The van der Waals surface area contributed by atoms with Gasteiger partial charge in [0.1, 0.15) is 17.1 Å². The summed E-state index contributed by atoms with van der Waals surface area (Å²) in [7, 11) is 0. The molecule has 0 atom stereocenters. The van der Waals surface area contributed by atoms with Gasteiger partial charge in [-0.2, -0.15) is 0 Å². The van der Waals surface area contributed by atoms with Gasteiger partial charge < -0.3 is 8.98 Å². The van der Waals surface area contributed by atoms with E-state index < -0.39 is 0 Å². The van der Waals surface area contributed by atoms with E-state index in [0.717, 1.165) is 22.6 Å². The summed E-state index contributed by atoms with van der Waals surface area (Å²) in [6.45, 7) is 0.634. The maximum Gasteiger partial charge on any atom is 0.125 e. The van der Waals surface area contributed by atoms with Crippen molar-refractivity contribution in [1.82, 2.24) is 14.5 Å². The van der Waals surface area contributed by atoms with Crippen LogP contribution in [0.3, 0.4) is 0 Å². The lowest BCUT2D eigenvalue weighted by molar-refractivity contribution is 0.493. The molecule has 17 heavy (non-hydrogen) atoms. The summed E-state index contributed by atoms with van der Waals surface area (Å²) in [6.07, 6.45) is 5.15. The number of alkyl halides is 1. The molecule has 0 spiro atoms. The molecule has 0 fully saturated rings. The first-order valence-electron chi connectivity index (χ1n) is 5.26. The summed E-state index contributed by atoms with van der Waals surface area (Å²) >= 11 is 5.91. The van der Waals surface area contributed by atoms with Crippen LogP contribution in [0.5, 0.6) is 0 Å². The predicted octanol–water partition coefficient (Wildman–Crippen LogP) is 2.81. The number of nitrogens with zero attached hydrogens (tertiary/aromatic N) is 3. The van der Waals surface area contributed by atoms with Gasteiger partial charge in [-0.15, -0.1) is 11.6 Å². The molecule has 0 aliphatic rings. The first-order chi connectivity index (χ1) is 8.38. The average molecular weight is 248 g/mol. The SMILES string of the molecule is ClCc1nc2cnccc2n1Cc1ccco1. The number of hydrogen-bond acceptors (Lipinski definition) is 3. The van der Waals surface area contributed by atoms with Crippen molar-refractivity contribution in [2.75, 3.05) is 0 Å². The van der Waals surface area contributed by atoms with Crippen molar-refractivity contribution in [3.8, 4) is 0 Å². The molecule has 3 aromatic rings. The van der Waals surface area contributed by atoms with E-state index in [9.17, 15) is 0 Å². The van der Waals surface area contributed by atoms with E-state index >= 15 is 0 Å². The molecule has 0 aliphatic carbocycles. The van der Waals surface area contributed by atoms with Crippen molar-refractivity contribution >= 4 is 22.6 Å². The van der Waals surface area contributed by atoms with Crippen molar-refractivity contribution in [1.29, 1.82) is 0 Å². The van der Waals surface area contributed by atoms with Crippen LogP contribution < -0.4 is 0 Å². The van der Waals surface area contributed by atoms with Crippen molar-refractivity contribution in [2.24, 2.45) is 0 Å². The number of imidazole rings is 1. The Labute approximate surface area is 103 Å². The standard InChI is InChI=1S/C12H10ClN3O/c13-6-12-15-10-7-14-4-3-11(10)16(12)8-9-2-1-5-17-9/h1-5,7H,6,8H2. The third-order valence-corrected chi connectivity index (χ3v) is 2.88. The largest absolute Gasteiger partial charge is 0.467 e. The Morgan fingerprint density at radius 2 is 2.29 bits per heavy atom. The highest BCUT2D eigenvalue weighted by molar-refractivity contribution is 6.16. The highest BCUT2D eigenvalue weighted by Gasteiger charge is 2.10. The molecule has 3 aromatic heterocycles. The van der Waals surface area contributed by atoms with Gasteiger partial charge in [-0.3, -0.25) is 4.98 Å². The van der Waals surface area contributed by atoms with Crippen LogP contribution in [0.15, 0.2) is 41.3 Å². The van der Waals surface area contributed by atoms with E-state index in [1.54, 1.807) is 18.7 Å². The lowest BCUT2D eigenvalue weighted by atomic mass is 10.4. The van der Waals surface area contributed by atoms with Crippen LogP contribution >= 0.6 is 11.6 Å². The molecule has 0 radical (unpaired) electrons. The van der Waals surface area contributed by atoms with E-state index in [2.05, 4.69) is 9.97 Å². The zero-order chi connectivity index (χ0) is 11.7. The Hall–Kier alpha value is -1.81. The molecule has 0 amide bonds. The van der Waals surface area contributed by atoms with Crippen molar-refractivity contribution in [2.45, 2.75) is 12.4 Å². The van der Waals surface area contributed by atoms with Crippen LogP contribution in [-0.4, -0.2) is 14.5 Å². The number of furan rings is 1. The van der Waals surface area contributed by atoms with Crippen molar-refractivity contribution < 1.29 is 4.42 Å². The highest BCUT2D eigenvalue weighted by atomic mass is 35.5. The predicted molar refractivity (Wildman–Crippen MR) is 64.9 cm³/mol. The minimum atomic E-state index is 0.370. The van der Waals surface area contributed by atoms with E-state index in [4.69, 9.17) is 16.0 Å². The Bertz CT molecular complexity index is 630. The van der Waals surface area contributed by atoms with Crippen LogP contribution in [0.2, 0.25) is 0 Å². The third kappa shape index (κ3) is 1.80. The van der Waals surface area contributed by atoms with Crippen LogP contribution in [-0.2, 0) is 12.4 Å². The fourth-order valence-electron chi connectivity index (χ4n) is 1.87. The van der Waals surface area contributed by atoms with E-state index in [0.29, 0.717) is 12.4 Å². The lowest BCUT2D eigenvalue weighted by Crippen LogP contribution is -2.02. The fraction of sp³-hybridized carbons (Fsp3) is 0.167. The van der Waals surface area contributed by atoms with Gasteiger partial charge in [0, 0.05) is 6.20 Å². The average Bonchev–Trinajstić information content (AvgIpc) is 2.98. The molecule has 86 valence electrons. The second-order valence-corrected chi connectivity index (χ2v) is 3.96. The molecule has 3 heterocycles. The summed E-state index contributed by atoms with van der Waals surface area (Å²) in [5, 5.41) is 0. The molecule has 0 aromatic carbocycles. The Balaban J connectivity index is 2.12. The van der Waals surface area contributed by atoms with Gasteiger partial charge in [-0.25, -0.2) is 4.98 Å². The maximum atomic E-state index is 5.91. The number of rotatable bonds is 3. The molecule has 5 heteroatoms. The van der Waals surface area contributed by atoms with Gasteiger partial charge in [0.15, 0.2) is 0 Å². The molecule has 0 N–H and O–H groups in total. The first-order valence-corrected chi connectivity index (χ1v) is 5.79. The first kappa shape index (κ1) is 10.4. The van der Waals surface area contributed by atoms with E-state index in [1.165, 1.54) is 0 Å². The van der Waals surface area contributed by atoms with Crippen LogP contribution in [0.4, 0.5) is 0 Å². The van der Waals surface area contributed by atoms with E-state index in [1.807, 2.05) is 22.8 Å². The number of hydrogen-bond donors (Lipinski definition) is 0. The Morgan fingerprint density at radius 1 is 1.35 bits per heavy atom. The maximum absolute atomic E-state index is 5.91. The highest BCUT2D eigenvalue weighted by Crippen LogP contribution is 2.18. The zero-order valence-electron chi connectivity index (χ0n) is 9.01. The molecule has 0 saturated heterocycles. The summed E-state index contributed by atoms with van der Waals surface area (Å²) in [5.74, 6) is 2.08. The number of pyridine rings is 1. The molecule has 0 unspecified atom stereocenters. The Kier molecular flexibility index (Phi) is 2.57. The smallest absolute Gasteiger partial charge is 0.125 e. The quantitative estimate of drug-likeness (QED) is 0.669. The Morgan fingerprint density at radius 3 is 3.06 bits per heavy atom. The minimum Gasteiger partial charge on any atom is -0.467 e. The molecule has 0 bridgehead atoms. The normalized spacial score (nSPS) is 11.1. The van der Waals surface area contributed by atoms with Crippen LogP contribution in [0.1, 0.15) is 11.6 Å². The van der Waals surface area contributed by atoms with Gasteiger partial charge in [0.05, 0.1) is 30.4 Å². The second-order valence-electron chi connectivity index (χ2n) is 3.69. The van der Waals surface area contributed by atoms with Gasteiger partial charge in [0.25, 0.3) is 0 Å². The topological polar surface area (TPSA) is 43.9 Å². The van der Waals surface area contributed by atoms with E-state index in [-0.39, 0.29) is 0 Å². The molecule has 0 saturated carbocycles. The lowest BCUT2D eigenvalue weighted by Gasteiger charge is -2.04. The summed E-state index contributed by atoms with van der Waals surface area (Å²) < 4.78 is 7.39. The zero-order valence-corrected chi connectivity index (χ0v) is 9.76. The van der Waals surface area contributed by atoms with Crippen LogP contribution in [0, 0.1) is 0 Å².